The molecule has 1 aromatic rings. The minimum Gasteiger partial charge on any atom is -0.416 e. The molecule has 0 heterocycles. The molecule has 1 rings (SSSR count). The monoisotopic (exact) mass is 494 g/mol. The molecule has 33 heavy (non-hydrogen) atoms. The van der Waals surface area contributed by atoms with Crippen molar-refractivity contribution in [3.8, 4) is 0 Å². The summed E-state index contributed by atoms with van der Waals surface area (Å²) < 4.78 is 20.0. The number of benzene rings is 1. The zero-order valence-electron chi connectivity index (χ0n) is 23.8. The van der Waals surface area contributed by atoms with E-state index in [0.29, 0.717) is 35.8 Å². The maximum absolute atomic E-state index is 7.28. The zero-order valence-corrected chi connectivity index (χ0v) is 25.8. The van der Waals surface area contributed by atoms with Gasteiger partial charge in [0.1, 0.15) is 0 Å². The Morgan fingerprint density at radius 3 is 1.79 bits per heavy atom. The van der Waals surface area contributed by atoms with E-state index < -0.39 is 16.6 Å². The summed E-state index contributed by atoms with van der Waals surface area (Å²) in [7, 11) is -3.78. The third kappa shape index (κ3) is 8.61. The molecule has 0 N–H and O–H groups in total. The van der Waals surface area contributed by atoms with Gasteiger partial charge in [0.05, 0.1) is 12.7 Å². The molecule has 192 valence electrons. The van der Waals surface area contributed by atoms with Crippen molar-refractivity contribution in [2.24, 2.45) is 5.92 Å². The summed E-state index contributed by atoms with van der Waals surface area (Å²) >= 11 is 0. The van der Waals surface area contributed by atoms with E-state index in [1.54, 1.807) is 0 Å². The van der Waals surface area contributed by atoms with E-state index in [1.165, 1.54) is 5.56 Å². The molecule has 0 unspecified atom stereocenters. The van der Waals surface area contributed by atoms with Crippen LogP contribution in [0.25, 0.3) is 0 Å². The third-order valence-corrected chi connectivity index (χ3v) is 18.5. The Kier molecular flexibility index (Phi) is 12.1. The highest BCUT2D eigenvalue weighted by atomic mass is 28.4. The molecule has 0 spiro atoms. The van der Waals surface area contributed by atoms with Crippen molar-refractivity contribution in [3.05, 3.63) is 35.9 Å². The number of ether oxygens (including phenoxy) is 1. The van der Waals surface area contributed by atoms with Gasteiger partial charge in [-0.15, -0.1) is 0 Å². The molecule has 0 saturated carbocycles. The number of hydrogen-bond donors (Lipinski definition) is 0. The van der Waals surface area contributed by atoms with Gasteiger partial charge >= 0.3 is 0 Å². The van der Waals surface area contributed by atoms with Crippen LogP contribution in [0.15, 0.2) is 30.3 Å². The molecule has 1 aromatic carbocycles. The van der Waals surface area contributed by atoms with Crippen LogP contribution >= 0.6 is 0 Å². The van der Waals surface area contributed by atoms with Crippen molar-refractivity contribution in [1.29, 1.82) is 0 Å². The van der Waals surface area contributed by atoms with Gasteiger partial charge in [-0.3, -0.25) is 0 Å². The fourth-order valence-corrected chi connectivity index (χ4v) is 11.6. The lowest BCUT2D eigenvalue weighted by molar-refractivity contribution is 0.0381. The van der Waals surface area contributed by atoms with Gasteiger partial charge in [0.15, 0.2) is 8.32 Å². The molecule has 0 aliphatic heterocycles. The maximum Gasteiger partial charge on any atom is 0.200 e. The Bertz CT molecular complexity index is 644. The summed E-state index contributed by atoms with van der Waals surface area (Å²) in [6, 6.07) is 10.4. The van der Waals surface area contributed by atoms with Crippen molar-refractivity contribution in [3.63, 3.8) is 0 Å². The molecule has 2 atom stereocenters. The van der Waals surface area contributed by atoms with Gasteiger partial charge in [-0.2, -0.15) is 0 Å². The first-order chi connectivity index (χ1) is 15.1. The van der Waals surface area contributed by atoms with E-state index >= 15 is 0 Å². The van der Waals surface area contributed by atoms with Crippen molar-refractivity contribution in [2.75, 3.05) is 13.2 Å². The van der Waals surface area contributed by atoms with Crippen LogP contribution in [0.2, 0.25) is 34.8 Å². The van der Waals surface area contributed by atoms with Gasteiger partial charge in [-0.25, -0.2) is 0 Å². The topological polar surface area (TPSA) is 27.7 Å². The molecule has 0 aliphatic carbocycles. The van der Waals surface area contributed by atoms with E-state index in [9.17, 15) is 0 Å². The molecule has 0 fully saturated rings. The molecular formula is C28H54O3Si2. The first kappa shape index (κ1) is 30.6. The highest BCUT2D eigenvalue weighted by Gasteiger charge is 2.47. The fraction of sp³-hybridized carbons (Fsp3) is 0.786. The summed E-state index contributed by atoms with van der Waals surface area (Å²) in [5.41, 5.74) is 2.93. The van der Waals surface area contributed by atoms with Crippen molar-refractivity contribution >= 4 is 16.6 Å². The quantitative estimate of drug-likeness (QED) is 0.191. The lowest BCUT2D eigenvalue weighted by Gasteiger charge is -2.46. The van der Waals surface area contributed by atoms with E-state index in [-0.39, 0.29) is 11.1 Å². The van der Waals surface area contributed by atoms with Crippen LogP contribution in [0, 0.1) is 5.92 Å². The Labute approximate surface area is 208 Å². The Morgan fingerprint density at radius 2 is 1.33 bits per heavy atom. The number of rotatable bonds is 14. The van der Waals surface area contributed by atoms with Crippen LogP contribution in [0.5, 0.6) is 0 Å². The predicted molar refractivity (Wildman–Crippen MR) is 149 cm³/mol. The Balaban J connectivity index is 2.98. The normalized spacial score (nSPS) is 15.5. The second-order valence-corrected chi connectivity index (χ2v) is 22.6. The average Bonchev–Trinajstić information content (AvgIpc) is 2.70. The molecule has 3 nitrogen and oxygen atoms in total. The third-order valence-electron chi connectivity index (χ3n) is 7.87. The molecule has 0 radical (unpaired) electrons. The zero-order chi connectivity index (χ0) is 25.4. The van der Waals surface area contributed by atoms with Crippen LogP contribution in [0.1, 0.15) is 81.2 Å². The van der Waals surface area contributed by atoms with E-state index in [1.807, 2.05) is 6.07 Å². The second kappa shape index (κ2) is 13.0. The minimum atomic E-state index is -1.99. The van der Waals surface area contributed by atoms with E-state index in [4.69, 9.17) is 13.6 Å². The highest BCUT2D eigenvalue weighted by Crippen LogP contribution is 2.44. The number of hydrogen-bond acceptors (Lipinski definition) is 3. The lowest BCUT2D eigenvalue weighted by Crippen LogP contribution is -2.52. The van der Waals surface area contributed by atoms with Crippen molar-refractivity contribution < 1.29 is 13.6 Å². The first-order valence-corrected chi connectivity index (χ1v) is 18.1. The van der Waals surface area contributed by atoms with Crippen molar-refractivity contribution in [1.82, 2.24) is 0 Å². The Hall–Kier alpha value is -0.466. The van der Waals surface area contributed by atoms with Gasteiger partial charge in [0.25, 0.3) is 0 Å². The van der Waals surface area contributed by atoms with Crippen LogP contribution in [0.4, 0.5) is 0 Å². The van der Waals surface area contributed by atoms with Crippen LogP contribution in [0.3, 0.4) is 0 Å². The standard InChI is InChI=1S/C28H54O3Si2/c1-22(2)33(23(3)4,24(5)6)31-27(18-19-29-21-26-16-14-13-15-17-26)25(7)20-30-32(11,12)28(8,9)10/h13-17,22-25,27H,18-21H2,1-12H3/t25-,27-/m1/s1. The average molecular weight is 495 g/mol. The largest absolute Gasteiger partial charge is 0.416 e. The summed E-state index contributed by atoms with van der Waals surface area (Å²) in [5, 5.41) is 0.216. The second-order valence-electron chi connectivity index (χ2n) is 12.3. The lowest BCUT2D eigenvalue weighted by atomic mass is 10.0. The van der Waals surface area contributed by atoms with Crippen LogP contribution in [-0.4, -0.2) is 36.0 Å². The van der Waals surface area contributed by atoms with Crippen LogP contribution < -0.4 is 0 Å². The molecule has 0 saturated heterocycles. The van der Waals surface area contributed by atoms with Gasteiger partial charge in [-0.1, -0.05) is 99.6 Å². The summed E-state index contributed by atoms with van der Waals surface area (Å²) in [6.07, 6.45) is 1.07. The molecular weight excluding hydrogens is 440 g/mol. The van der Waals surface area contributed by atoms with Crippen molar-refractivity contribution in [2.45, 2.75) is 123 Å². The maximum atomic E-state index is 7.28. The fourth-order valence-electron chi connectivity index (χ4n) is 4.76. The first-order valence-electron chi connectivity index (χ1n) is 13.1. The van der Waals surface area contributed by atoms with Crippen LogP contribution in [-0.2, 0) is 20.2 Å². The molecule has 0 bridgehead atoms. The minimum absolute atomic E-state index is 0.157. The molecule has 5 heteroatoms. The summed E-state index contributed by atoms with van der Waals surface area (Å²) in [6.45, 7) is 30.3. The Morgan fingerprint density at radius 1 is 0.818 bits per heavy atom. The van der Waals surface area contributed by atoms with Gasteiger partial charge in [0.2, 0.25) is 8.32 Å². The summed E-state index contributed by atoms with van der Waals surface area (Å²) in [5.74, 6) is 0.336. The SMILES string of the molecule is CC(C)[Si](O[C@H](CCOCc1ccccc1)[C@H](C)CO[Si](C)(C)C(C)(C)C)(C(C)C)C(C)C. The van der Waals surface area contributed by atoms with Gasteiger partial charge in [-0.05, 0) is 46.7 Å². The predicted octanol–water partition coefficient (Wildman–Crippen LogP) is 8.81. The molecule has 0 aromatic heterocycles. The molecule has 0 aliphatic rings. The van der Waals surface area contributed by atoms with Gasteiger partial charge < -0.3 is 13.6 Å². The van der Waals surface area contributed by atoms with E-state index in [2.05, 4.69) is 107 Å². The van der Waals surface area contributed by atoms with E-state index in [0.717, 1.165) is 13.0 Å². The highest BCUT2D eigenvalue weighted by molar-refractivity contribution is 6.77. The summed E-state index contributed by atoms with van der Waals surface area (Å²) in [4.78, 5) is 0. The molecule has 0 amide bonds. The smallest absolute Gasteiger partial charge is 0.200 e. The van der Waals surface area contributed by atoms with Gasteiger partial charge in [0, 0.05) is 19.1 Å².